The molecular weight excluding hydrogens is 637 g/mol. The zero-order chi connectivity index (χ0) is 34.7. The Hall–Kier alpha value is -6.76. The van der Waals surface area contributed by atoms with Gasteiger partial charge >= 0.3 is 0 Å². The molecule has 10 aromatic rings. The second-order valence-corrected chi connectivity index (χ2v) is 14.7. The molecule has 0 aromatic heterocycles. The highest BCUT2D eigenvalue weighted by Crippen LogP contribution is 2.64. The molecular formula is C53H32. The molecule has 0 amide bonds. The van der Waals surface area contributed by atoms with Crippen molar-refractivity contribution in [3.05, 3.63) is 216 Å². The van der Waals surface area contributed by atoms with Crippen LogP contribution in [-0.4, -0.2) is 0 Å². The number of rotatable bonds is 2. The smallest absolute Gasteiger partial charge is 0.0622 e. The van der Waals surface area contributed by atoms with E-state index in [0.29, 0.717) is 0 Å². The van der Waals surface area contributed by atoms with Crippen molar-refractivity contribution in [3.8, 4) is 44.5 Å². The van der Waals surface area contributed by atoms with Crippen molar-refractivity contribution >= 4 is 43.1 Å². The standard InChI is InChI=1S/C53H32/c1-2-13-33(14-3-1)37-21-12-22-45-40(37)29-30-46-43-27-26-36(32-50(43)53(52(45)46)48-23-10-8-19-41(48)42-20-9-11-24-49(42)53)51-39-18-7-5-16-35(39)31-47-38-17-6-4-15-34(38)25-28-44(47)51/h1-32H. The van der Waals surface area contributed by atoms with Gasteiger partial charge in [0, 0.05) is 0 Å². The van der Waals surface area contributed by atoms with Crippen LogP contribution < -0.4 is 0 Å². The van der Waals surface area contributed by atoms with E-state index in [1.54, 1.807) is 0 Å². The van der Waals surface area contributed by atoms with Crippen LogP contribution in [0, 0.1) is 0 Å². The largest absolute Gasteiger partial charge is 0.0731 e. The third-order valence-electron chi connectivity index (χ3n) is 12.2. The van der Waals surface area contributed by atoms with Gasteiger partial charge in [0.15, 0.2) is 0 Å². The monoisotopic (exact) mass is 668 g/mol. The van der Waals surface area contributed by atoms with Crippen LogP contribution in [0.3, 0.4) is 0 Å². The predicted octanol–water partition coefficient (Wildman–Crippen LogP) is 14.0. The maximum atomic E-state index is 2.55. The van der Waals surface area contributed by atoms with Crippen LogP contribution in [0.1, 0.15) is 22.3 Å². The summed E-state index contributed by atoms with van der Waals surface area (Å²) in [7, 11) is 0. The van der Waals surface area contributed by atoms with Crippen molar-refractivity contribution in [3.63, 3.8) is 0 Å². The van der Waals surface area contributed by atoms with Gasteiger partial charge in [-0.3, -0.25) is 0 Å². The summed E-state index contributed by atoms with van der Waals surface area (Å²) in [5.41, 5.74) is 15.4. The first-order valence-corrected chi connectivity index (χ1v) is 18.6. The maximum Gasteiger partial charge on any atom is 0.0731 e. The molecule has 0 heterocycles. The first-order chi connectivity index (χ1) is 26.3. The average molecular weight is 669 g/mol. The predicted molar refractivity (Wildman–Crippen MR) is 224 cm³/mol. The Labute approximate surface area is 308 Å². The second-order valence-electron chi connectivity index (χ2n) is 14.7. The van der Waals surface area contributed by atoms with E-state index in [4.69, 9.17) is 0 Å². The molecule has 244 valence electrons. The lowest BCUT2D eigenvalue weighted by Gasteiger charge is -2.32. The molecule has 0 unspecified atom stereocenters. The van der Waals surface area contributed by atoms with Crippen LogP contribution in [0.15, 0.2) is 194 Å². The van der Waals surface area contributed by atoms with Gasteiger partial charge in [-0.15, -0.1) is 0 Å². The molecule has 0 aliphatic heterocycles. The fourth-order valence-corrected chi connectivity index (χ4v) is 10.2. The van der Waals surface area contributed by atoms with Gasteiger partial charge in [0.05, 0.1) is 5.41 Å². The summed E-state index contributed by atoms with van der Waals surface area (Å²) in [5.74, 6) is 0. The summed E-state index contributed by atoms with van der Waals surface area (Å²) < 4.78 is 0. The molecule has 2 aliphatic carbocycles. The third-order valence-corrected chi connectivity index (χ3v) is 12.2. The van der Waals surface area contributed by atoms with Crippen LogP contribution in [0.4, 0.5) is 0 Å². The highest BCUT2D eigenvalue weighted by molar-refractivity contribution is 6.20. The Bertz CT molecular complexity index is 3120. The summed E-state index contributed by atoms with van der Waals surface area (Å²) in [4.78, 5) is 0. The van der Waals surface area contributed by atoms with Gasteiger partial charge in [0.1, 0.15) is 0 Å². The molecule has 1 spiro atoms. The maximum absolute atomic E-state index is 2.55. The molecule has 53 heavy (non-hydrogen) atoms. The number of hydrogen-bond acceptors (Lipinski definition) is 0. The molecule has 0 N–H and O–H groups in total. The van der Waals surface area contributed by atoms with Crippen LogP contribution in [0.2, 0.25) is 0 Å². The van der Waals surface area contributed by atoms with Gasteiger partial charge in [-0.1, -0.05) is 182 Å². The molecule has 0 saturated heterocycles. The second kappa shape index (κ2) is 10.6. The summed E-state index contributed by atoms with van der Waals surface area (Å²) in [6, 6.07) is 72.9. The van der Waals surface area contributed by atoms with Crippen LogP contribution >= 0.6 is 0 Å². The van der Waals surface area contributed by atoms with Crippen molar-refractivity contribution in [2.45, 2.75) is 5.41 Å². The Morgan fingerprint density at radius 3 is 1.68 bits per heavy atom. The van der Waals surface area contributed by atoms with Crippen LogP contribution in [0.5, 0.6) is 0 Å². The fourth-order valence-electron chi connectivity index (χ4n) is 10.2. The molecule has 0 heteroatoms. The third kappa shape index (κ3) is 3.75. The van der Waals surface area contributed by atoms with E-state index >= 15 is 0 Å². The minimum absolute atomic E-state index is 0.476. The van der Waals surface area contributed by atoms with E-state index in [9.17, 15) is 0 Å². The molecule has 10 aromatic carbocycles. The van der Waals surface area contributed by atoms with Gasteiger partial charge in [-0.25, -0.2) is 0 Å². The summed E-state index contributed by atoms with van der Waals surface area (Å²) in [6.45, 7) is 0. The Morgan fingerprint density at radius 2 is 0.868 bits per heavy atom. The lowest BCUT2D eigenvalue weighted by atomic mass is 9.69. The number of hydrogen-bond donors (Lipinski definition) is 0. The Morgan fingerprint density at radius 1 is 0.264 bits per heavy atom. The molecule has 0 fully saturated rings. The van der Waals surface area contributed by atoms with Crippen molar-refractivity contribution in [2.24, 2.45) is 0 Å². The van der Waals surface area contributed by atoms with Crippen molar-refractivity contribution in [2.75, 3.05) is 0 Å². The van der Waals surface area contributed by atoms with E-state index in [2.05, 4.69) is 194 Å². The molecule has 0 atom stereocenters. The van der Waals surface area contributed by atoms with E-state index in [-0.39, 0.29) is 0 Å². The number of benzene rings is 10. The SMILES string of the molecule is c1ccc(-c2cccc3c4c(ccc23)-c2ccc(-c3c5ccccc5cc5c3ccc3ccccc35)cc2C42c3ccccc3-c3ccccc32)cc1. The van der Waals surface area contributed by atoms with E-state index in [1.165, 1.54) is 110 Å². The fraction of sp³-hybridized carbons (Fsp3) is 0.0189. The van der Waals surface area contributed by atoms with Crippen LogP contribution in [0.25, 0.3) is 87.6 Å². The van der Waals surface area contributed by atoms with Crippen LogP contribution in [-0.2, 0) is 5.41 Å². The topological polar surface area (TPSA) is 0 Å². The Kier molecular flexibility index (Phi) is 5.80. The molecule has 0 saturated carbocycles. The first kappa shape index (κ1) is 28.9. The summed E-state index contributed by atoms with van der Waals surface area (Å²) in [6.07, 6.45) is 0. The van der Waals surface area contributed by atoms with Gasteiger partial charge in [0.25, 0.3) is 0 Å². The van der Waals surface area contributed by atoms with Crippen molar-refractivity contribution in [1.29, 1.82) is 0 Å². The van der Waals surface area contributed by atoms with Gasteiger partial charge < -0.3 is 0 Å². The summed E-state index contributed by atoms with van der Waals surface area (Å²) >= 11 is 0. The van der Waals surface area contributed by atoms with Gasteiger partial charge in [0.2, 0.25) is 0 Å². The van der Waals surface area contributed by atoms with Gasteiger partial charge in [-0.05, 0) is 122 Å². The lowest BCUT2D eigenvalue weighted by molar-refractivity contribution is 0.801. The van der Waals surface area contributed by atoms with E-state index < -0.39 is 5.41 Å². The highest BCUT2D eigenvalue weighted by Gasteiger charge is 2.52. The van der Waals surface area contributed by atoms with Crippen molar-refractivity contribution < 1.29 is 0 Å². The molecule has 2 aliphatic rings. The zero-order valence-electron chi connectivity index (χ0n) is 29.0. The molecule has 0 nitrogen and oxygen atoms in total. The van der Waals surface area contributed by atoms with Crippen molar-refractivity contribution in [1.82, 2.24) is 0 Å². The molecule has 12 rings (SSSR count). The lowest BCUT2D eigenvalue weighted by Crippen LogP contribution is -2.26. The molecule has 0 radical (unpaired) electrons. The van der Waals surface area contributed by atoms with Gasteiger partial charge in [-0.2, -0.15) is 0 Å². The number of fused-ring (bicyclic) bond motifs is 16. The minimum atomic E-state index is -0.476. The first-order valence-electron chi connectivity index (χ1n) is 18.6. The zero-order valence-corrected chi connectivity index (χ0v) is 29.0. The normalized spacial score (nSPS) is 13.4. The minimum Gasteiger partial charge on any atom is -0.0622 e. The van der Waals surface area contributed by atoms with E-state index in [1.807, 2.05) is 0 Å². The Balaban J connectivity index is 1.23. The average Bonchev–Trinajstić information content (AvgIpc) is 3.70. The highest BCUT2D eigenvalue weighted by atomic mass is 14.5. The quantitative estimate of drug-likeness (QED) is 0.127. The molecule has 0 bridgehead atoms. The summed E-state index contributed by atoms with van der Waals surface area (Å²) in [5, 5.41) is 10.3. The van der Waals surface area contributed by atoms with E-state index in [0.717, 1.165) is 0 Å².